The van der Waals surface area contributed by atoms with Crippen LogP contribution in [0.2, 0.25) is 0 Å². The lowest BCUT2D eigenvalue weighted by molar-refractivity contribution is 0.0951. The normalized spacial score (nSPS) is 10.1. The number of nitrogens with one attached hydrogen (secondary N) is 2. The first-order chi connectivity index (χ1) is 9.15. The van der Waals surface area contributed by atoms with Crippen LogP contribution in [0.25, 0.3) is 10.9 Å². The molecule has 1 amide bonds. The minimum Gasteiger partial charge on any atom is -0.352 e. The standard InChI is InChI=1S/C14H17N3O2.ClH/c1-9-10-5-2-3-6-11(10)17-14(19)12(9)13(18)16-8-4-7-15;/h2-3,5-6H,4,7-8,15H2,1H3,(H,16,18)(H,17,19);1H. The highest BCUT2D eigenvalue weighted by atomic mass is 35.5. The number of carbonyl (C=O) groups excluding carboxylic acids is 1. The van der Waals surface area contributed by atoms with Crippen LogP contribution in [0.5, 0.6) is 0 Å². The van der Waals surface area contributed by atoms with Crippen LogP contribution in [0.3, 0.4) is 0 Å². The molecule has 0 radical (unpaired) electrons. The molecule has 0 aliphatic rings. The lowest BCUT2D eigenvalue weighted by Crippen LogP contribution is -2.32. The van der Waals surface area contributed by atoms with Crippen molar-refractivity contribution in [2.45, 2.75) is 13.3 Å². The second kappa shape index (κ2) is 7.07. The molecule has 2 aromatic rings. The summed E-state index contributed by atoms with van der Waals surface area (Å²) in [5.74, 6) is -0.349. The van der Waals surface area contributed by atoms with Gasteiger partial charge in [-0.1, -0.05) is 18.2 Å². The number of H-pyrrole nitrogens is 1. The number of rotatable bonds is 4. The number of halogens is 1. The fourth-order valence-electron chi connectivity index (χ4n) is 2.07. The Hall–Kier alpha value is -1.85. The molecule has 20 heavy (non-hydrogen) atoms. The van der Waals surface area contributed by atoms with Crippen LogP contribution in [0.4, 0.5) is 0 Å². The fourth-order valence-corrected chi connectivity index (χ4v) is 2.07. The van der Waals surface area contributed by atoms with E-state index >= 15 is 0 Å². The number of carbonyl (C=O) groups is 1. The first kappa shape index (κ1) is 16.2. The Bertz CT molecular complexity index is 667. The maximum absolute atomic E-state index is 12.0. The molecule has 0 aliphatic carbocycles. The molecule has 0 aliphatic heterocycles. The summed E-state index contributed by atoms with van der Waals surface area (Å²) in [7, 11) is 0. The molecule has 1 aromatic carbocycles. The van der Waals surface area contributed by atoms with Gasteiger partial charge in [-0.3, -0.25) is 9.59 Å². The zero-order valence-corrected chi connectivity index (χ0v) is 12.0. The Morgan fingerprint density at radius 2 is 2.05 bits per heavy atom. The highest BCUT2D eigenvalue weighted by Gasteiger charge is 2.15. The van der Waals surface area contributed by atoms with Gasteiger partial charge in [-0.15, -0.1) is 12.4 Å². The van der Waals surface area contributed by atoms with E-state index in [9.17, 15) is 9.59 Å². The van der Waals surface area contributed by atoms with E-state index in [1.54, 1.807) is 6.92 Å². The topological polar surface area (TPSA) is 88.0 Å². The highest BCUT2D eigenvalue weighted by Crippen LogP contribution is 2.16. The molecule has 1 heterocycles. The van der Waals surface area contributed by atoms with Crippen LogP contribution < -0.4 is 16.6 Å². The van der Waals surface area contributed by atoms with E-state index in [4.69, 9.17) is 5.73 Å². The Morgan fingerprint density at radius 3 is 2.75 bits per heavy atom. The summed E-state index contributed by atoms with van der Waals surface area (Å²) >= 11 is 0. The number of para-hydroxylation sites is 1. The van der Waals surface area contributed by atoms with Gasteiger partial charge in [0.1, 0.15) is 5.56 Å². The van der Waals surface area contributed by atoms with Gasteiger partial charge >= 0.3 is 0 Å². The first-order valence-electron chi connectivity index (χ1n) is 6.25. The van der Waals surface area contributed by atoms with Crippen molar-refractivity contribution in [1.29, 1.82) is 0 Å². The largest absolute Gasteiger partial charge is 0.352 e. The van der Waals surface area contributed by atoms with Crippen LogP contribution in [-0.4, -0.2) is 24.0 Å². The minimum absolute atomic E-state index is 0. The van der Waals surface area contributed by atoms with E-state index in [0.717, 1.165) is 10.9 Å². The summed E-state index contributed by atoms with van der Waals surface area (Å²) in [5, 5.41) is 3.59. The number of amides is 1. The van der Waals surface area contributed by atoms with E-state index in [0.29, 0.717) is 25.1 Å². The van der Waals surface area contributed by atoms with Gasteiger partial charge in [0.25, 0.3) is 11.5 Å². The molecular formula is C14H18ClN3O2. The monoisotopic (exact) mass is 295 g/mol. The molecule has 0 unspecified atom stereocenters. The molecule has 4 N–H and O–H groups in total. The summed E-state index contributed by atoms with van der Waals surface area (Å²) in [6, 6.07) is 7.43. The van der Waals surface area contributed by atoms with Gasteiger partial charge in [-0.25, -0.2) is 0 Å². The van der Waals surface area contributed by atoms with Gasteiger partial charge in [-0.2, -0.15) is 0 Å². The average Bonchev–Trinajstić information content (AvgIpc) is 2.39. The van der Waals surface area contributed by atoms with Crippen molar-refractivity contribution in [3.8, 4) is 0 Å². The fraction of sp³-hybridized carbons (Fsp3) is 0.286. The predicted molar refractivity (Wildman–Crippen MR) is 82.6 cm³/mol. The summed E-state index contributed by atoms with van der Waals surface area (Å²) in [6.07, 6.45) is 0.691. The summed E-state index contributed by atoms with van der Waals surface area (Å²) < 4.78 is 0. The van der Waals surface area contributed by atoms with Gasteiger partial charge in [-0.05, 0) is 31.5 Å². The van der Waals surface area contributed by atoms with Crippen molar-refractivity contribution in [1.82, 2.24) is 10.3 Å². The Kier molecular flexibility index (Phi) is 5.73. The van der Waals surface area contributed by atoms with Crippen molar-refractivity contribution >= 4 is 29.2 Å². The van der Waals surface area contributed by atoms with E-state index in [2.05, 4.69) is 10.3 Å². The minimum atomic E-state index is -0.360. The molecule has 0 saturated heterocycles. The second-order valence-electron chi connectivity index (χ2n) is 4.40. The second-order valence-corrected chi connectivity index (χ2v) is 4.40. The number of pyridine rings is 1. The average molecular weight is 296 g/mol. The van der Waals surface area contributed by atoms with E-state index in [1.165, 1.54) is 0 Å². The van der Waals surface area contributed by atoms with Gasteiger partial charge in [0.2, 0.25) is 0 Å². The molecular weight excluding hydrogens is 278 g/mol. The zero-order valence-electron chi connectivity index (χ0n) is 11.2. The van der Waals surface area contributed by atoms with E-state index in [-0.39, 0.29) is 29.4 Å². The summed E-state index contributed by atoms with van der Waals surface area (Å²) in [5.41, 5.74) is 6.62. The lowest BCUT2D eigenvalue weighted by atomic mass is 10.0. The van der Waals surface area contributed by atoms with Crippen molar-refractivity contribution < 1.29 is 4.79 Å². The zero-order chi connectivity index (χ0) is 13.8. The highest BCUT2D eigenvalue weighted by molar-refractivity contribution is 5.99. The molecule has 1 aromatic heterocycles. The van der Waals surface area contributed by atoms with Gasteiger partial charge in [0.15, 0.2) is 0 Å². The third-order valence-electron chi connectivity index (χ3n) is 3.07. The van der Waals surface area contributed by atoms with Gasteiger partial charge in [0, 0.05) is 17.4 Å². The molecule has 0 saturated carbocycles. The molecule has 0 atom stereocenters. The molecule has 108 valence electrons. The van der Waals surface area contributed by atoms with Crippen LogP contribution >= 0.6 is 12.4 Å². The molecule has 5 nitrogen and oxygen atoms in total. The number of hydrogen-bond acceptors (Lipinski definition) is 3. The van der Waals surface area contributed by atoms with Crippen LogP contribution in [0.15, 0.2) is 29.1 Å². The molecule has 0 spiro atoms. The van der Waals surface area contributed by atoms with Crippen molar-refractivity contribution in [3.05, 3.63) is 45.7 Å². The number of aromatic amines is 1. The van der Waals surface area contributed by atoms with Gasteiger partial charge in [0.05, 0.1) is 0 Å². The third kappa shape index (κ3) is 3.18. The Balaban J connectivity index is 0.00000200. The first-order valence-corrected chi connectivity index (χ1v) is 6.25. The predicted octanol–water partition coefficient (Wildman–Crippen LogP) is 1.34. The number of hydrogen-bond donors (Lipinski definition) is 3. The molecule has 6 heteroatoms. The van der Waals surface area contributed by atoms with Crippen molar-refractivity contribution in [3.63, 3.8) is 0 Å². The SMILES string of the molecule is Cc1c(C(=O)NCCCN)c(=O)[nH]c2ccccc12.Cl. The van der Waals surface area contributed by atoms with E-state index < -0.39 is 0 Å². The molecule has 0 fully saturated rings. The number of aromatic nitrogens is 1. The van der Waals surface area contributed by atoms with Crippen LogP contribution in [-0.2, 0) is 0 Å². The number of benzene rings is 1. The van der Waals surface area contributed by atoms with Crippen molar-refractivity contribution in [2.75, 3.05) is 13.1 Å². The Labute approximate surface area is 123 Å². The van der Waals surface area contributed by atoms with Gasteiger partial charge < -0.3 is 16.0 Å². The van der Waals surface area contributed by atoms with Crippen LogP contribution in [0, 0.1) is 6.92 Å². The quantitative estimate of drug-likeness (QED) is 0.744. The maximum Gasteiger partial charge on any atom is 0.261 e. The Morgan fingerprint density at radius 1 is 1.35 bits per heavy atom. The summed E-state index contributed by atoms with van der Waals surface area (Å²) in [6.45, 7) is 2.77. The van der Waals surface area contributed by atoms with Crippen molar-refractivity contribution in [2.24, 2.45) is 5.73 Å². The number of aryl methyl sites for hydroxylation is 1. The lowest BCUT2D eigenvalue weighted by Gasteiger charge is -2.09. The van der Waals surface area contributed by atoms with Crippen LogP contribution in [0.1, 0.15) is 22.3 Å². The number of nitrogens with two attached hydrogens (primary N) is 1. The molecule has 2 rings (SSSR count). The molecule has 0 bridgehead atoms. The smallest absolute Gasteiger partial charge is 0.261 e. The summed E-state index contributed by atoms with van der Waals surface area (Å²) in [4.78, 5) is 26.7. The number of fused-ring (bicyclic) bond motifs is 1. The van der Waals surface area contributed by atoms with E-state index in [1.807, 2.05) is 24.3 Å². The maximum atomic E-state index is 12.0. The third-order valence-corrected chi connectivity index (χ3v) is 3.07.